The Hall–Kier alpha value is -2.76. The summed E-state index contributed by atoms with van der Waals surface area (Å²) < 4.78 is 13.2. The van der Waals surface area contributed by atoms with Crippen molar-refractivity contribution in [1.29, 1.82) is 0 Å². The van der Waals surface area contributed by atoms with Gasteiger partial charge in [0.15, 0.2) is 0 Å². The molecule has 0 radical (unpaired) electrons. The molecule has 0 aromatic heterocycles. The minimum atomic E-state index is -1.73. The van der Waals surface area contributed by atoms with Gasteiger partial charge in [-0.25, -0.2) is 0 Å². The van der Waals surface area contributed by atoms with E-state index in [0.29, 0.717) is 0 Å². The van der Waals surface area contributed by atoms with Crippen LogP contribution in [0.3, 0.4) is 0 Å². The molecule has 0 atom stereocenters. The average Bonchev–Trinajstić information content (AvgIpc) is 3.05. The van der Waals surface area contributed by atoms with Crippen LogP contribution in [-0.4, -0.2) is 0 Å². The zero-order chi connectivity index (χ0) is 27.7. The van der Waals surface area contributed by atoms with Crippen molar-refractivity contribution < 1.29 is 54.6 Å². The van der Waals surface area contributed by atoms with Crippen LogP contribution >= 0.6 is 15.8 Å². The third kappa shape index (κ3) is 8.25. The minimum absolute atomic E-state index is 0. The van der Waals surface area contributed by atoms with Crippen molar-refractivity contribution in [2.24, 2.45) is 0 Å². The first-order chi connectivity index (χ1) is 20.4. The summed E-state index contributed by atoms with van der Waals surface area (Å²) in [6, 6.07) is 59.9. The van der Waals surface area contributed by atoms with Crippen molar-refractivity contribution >= 4 is 47.7 Å². The molecule has 0 fully saturated rings. The number of benzene rings is 6. The fraction of sp³-hybridized carbons (Fsp3) is 0. The predicted molar refractivity (Wildman–Crippen MR) is 172 cm³/mol. The second-order valence-electron chi connectivity index (χ2n) is 9.24. The molecule has 0 aliphatic heterocycles. The Bertz CT molecular complexity index is 1470. The van der Waals surface area contributed by atoms with Crippen LogP contribution in [0.15, 0.2) is 170 Å². The molecular formula is C36H28Cl2O2P2Zr. The van der Waals surface area contributed by atoms with E-state index < -0.39 is 40.0 Å². The maximum absolute atomic E-state index is 6.58. The molecule has 6 aromatic rings. The third-order valence-electron chi connectivity index (χ3n) is 6.57. The molecule has 212 valence electrons. The Morgan fingerprint density at radius 1 is 0.326 bits per heavy atom. The van der Waals surface area contributed by atoms with Gasteiger partial charge in [0.25, 0.3) is 0 Å². The van der Waals surface area contributed by atoms with Crippen LogP contribution in [-0.2, 0) is 24.1 Å². The summed E-state index contributed by atoms with van der Waals surface area (Å²) in [6.45, 7) is 0. The third-order valence-corrected chi connectivity index (χ3v) is 13.0. The Labute approximate surface area is 281 Å². The van der Waals surface area contributed by atoms with Gasteiger partial charge in [0.1, 0.15) is 0 Å². The molecule has 0 amide bonds. The molecule has 7 heteroatoms. The number of hydrogen-bond donors (Lipinski definition) is 0. The summed E-state index contributed by atoms with van der Waals surface area (Å²) in [5, 5.41) is 7.65. The van der Waals surface area contributed by atoms with E-state index in [0.717, 1.165) is 11.5 Å². The van der Waals surface area contributed by atoms with E-state index >= 15 is 0 Å². The molecule has 0 bridgehead atoms. The van der Waals surface area contributed by atoms with E-state index in [4.69, 9.17) is 5.63 Å². The first-order valence-electron chi connectivity index (χ1n) is 13.5. The summed E-state index contributed by atoms with van der Waals surface area (Å²) >= 11 is -1.73. The summed E-state index contributed by atoms with van der Waals surface area (Å²) in [4.78, 5) is 0. The zero-order valence-electron chi connectivity index (χ0n) is 23.1. The summed E-state index contributed by atoms with van der Waals surface area (Å²) in [7, 11) is -1.53. The van der Waals surface area contributed by atoms with Gasteiger partial charge in [0, 0.05) is 0 Å². The summed E-state index contributed by atoms with van der Waals surface area (Å²) in [6.07, 6.45) is 0. The molecule has 0 saturated carbocycles. The van der Waals surface area contributed by atoms with Crippen LogP contribution in [0.4, 0.5) is 0 Å². The van der Waals surface area contributed by atoms with Gasteiger partial charge in [-0.05, 0) is 0 Å². The summed E-state index contributed by atoms with van der Waals surface area (Å²) in [5.41, 5.74) is 0. The number of hydrogen-bond acceptors (Lipinski definition) is 2. The van der Waals surface area contributed by atoms with Gasteiger partial charge in [-0.2, -0.15) is 0 Å². The van der Waals surface area contributed by atoms with Gasteiger partial charge < -0.3 is 24.8 Å². The average molecular weight is 717 g/mol. The zero-order valence-corrected chi connectivity index (χ0v) is 28.9. The van der Waals surface area contributed by atoms with Crippen molar-refractivity contribution in [3.05, 3.63) is 170 Å². The van der Waals surface area contributed by atoms with Gasteiger partial charge >= 0.3 is 259 Å². The normalized spacial score (nSPS) is 10.3. The second kappa shape index (κ2) is 16.9. The van der Waals surface area contributed by atoms with E-state index in [2.05, 4.69) is 170 Å². The molecule has 0 saturated heterocycles. The Morgan fingerprint density at radius 3 is 0.884 bits per heavy atom. The predicted octanol–water partition coefficient (Wildman–Crippen LogP) is 0.581. The van der Waals surface area contributed by atoms with E-state index in [1.807, 2.05) is 0 Å². The van der Waals surface area contributed by atoms with Crippen LogP contribution in [0.5, 0.6) is 11.5 Å². The molecule has 0 N–H and O–H groups in total. The number of para-hydroxylation sites is 2. The Kier molecular flexibility index (Phi) is 13.0. The molecule has 43 heavy (non-hydrogen) atoms. The van der Waals surface area contributed by atoms with E-state index in [-0.39, 0.29) is 24.8 Å². The second-order valence-corrected chi connectivity index (χ2v) is 15.0. The van der Waals surface area contributed by atoms with Crippen molar-refractivity contribution in [2.75, 3.05) is 0 Å². The molecule has 0 heterocycles. The van der Waals surface area contributed by atoms with Crippen LogP contribution in [0.25, 0.3) is 0 Å². The quantitative estimate of drug-likeness (QED) is 0.194. The van der Waals surface area contributed by atoms with Gasteiger partial charge in [-0.15, -0.1) is 0 Å². The Morgan fingerprint density at radius 2 is 0.581 bits per heavy atom. The van der Waals surface area contributed by atoms with Crippen molar-refractivity contribution in [2.45, 2.75) is 0 Å². The topological polar surface area (TPSA) is 18.5 Å². The molecule has 0 spiro atoms. The maximum atomic E-state index is 6.58. The van der Waals surface area contributed by atoms with Crippen molar-refractivity contribution in [1.82, 2.24) is 0 Å². The SMILES string of the molecule is [Cl-].[Cl-].c1ccc(P(c2ccccc2)c2ccccc2[O][Zr+2][O]c2ccccc2P(c2ccccc2)c2ccccc2)cc1. The fourth-order valence-corrected chi connectivity index (χ4v) is 11.3. The first kappa shape index (κ1) is 33.1. The molecule has 2 nitrogen and oxygen atoms in total. The molecule has 6 rings (SSSR count). The first-order valence-corrected chi connectivity index (χ1v) is 18.1. The monoisotopic (exact) mass is 714 g/mol. The van der Waals surface area contributed by atoms with Crippen molar-refractivity contribution in [3.8, 4) is 11.5 Å². The van der Waals surface area contributed by atoms with E-state index in [1.54, 1.807) is 0 Å². The standard InChI is InChI=1S/2C18H15OP.2ClH.Zr/c2*19-17-13-7-8-14-18(17)20(15-9-3-1-4-10-15)16-11-5-2-6-12-16;;;/h2*1-14,19H;2*1H;/q;;;;+4/p-4. The fourth-order valence-electron chi connectivity index (χ4n) is 4.73. The van der Waals surface area contributed by atoms with Gasteiger partial charge in [0.2, 0.25) is 0 Å². The molecular weight excluding hydrogens is 688 g/mol. The van der Waals surface area contributed by atoms with Crippen LogP contribution in [0.1, 0.15) is 0 Å². The molecule has 0 unspecified atom stereocenters. The van der Waals surface area contributed by atoms with Gasteiger partial charge in [-0.1, -0.05) is 0 Å². The van der Waals surface area contributed by atoms with E-state index in [1.165, 1.54) is 31.8 Å². The molecule has 0 aliphatic rings. The number of halogens is 2. The van der Waals surface area contributed by atoms with Gasteiger partial charge in [-0.3, -0.25) is 0 Å². The van der Waals surface area contributed by atoms with Crippen molar-refractivity contribution in [3.63, 3.8) is 0 Å². The molecule has 6 aromatic carbocycles. The van der Waals surface area contributed by atoms with E-state index in [9.17, 15) is 0 Å². The van der Waals surface area contributed by atoms with Crippen LogP contribution in [0, 0.1) is 0 Å². The van der Waals surface area contributed by atoms with Gasteiger partial charge in [0.05, 0.1) is 0 Å². The molecule has 0 aliphatic carbocycles. The van der Waals surface area contributed by atoms with Crippen LogP contribution in [0.2, 0.25) is 0 Å². The van der Waals surface area contributed by atoms with Crippen LogP contribution < -0.4 is 62.3 Å². The number of rotatable bonds is 10. The summed E-state index contributed by atoms with van der Waals surface area (Å²) in [5.74, 6) is 1.84. The Balaban J connectivity index is 0.00000212.